The second-order valence-corrected chi connectivity index (χ2v) is 9.33. The van der Waals surface area contributed by atoms with Gasteiger partial charge in [-0.3, -0.25) is 24.0 Å². The Morgan fingerprint density at radius 1 is 0.970 bits per heavy atom. The molecule has 0 atom stereocenters. The van der Waals surface area contributed by atoms with E-state index in [2.05, 4.69) is 37.6 Å². The van der Waals surface area contributed by atoms with Crippen molar-refractivity contribution in [3.05, 3.63) is 26.7 Å². The molecule has 1 amide bonds. The van der Waals surface area contributed by atoms with Crippen LogP contribution in [0.25, 0.3) is 11.2 Å². The summed E-state index contributed by atoms with van der Waals surface area (Å²) in [4.78, 5) is 49.7. The van der Waals surface area contributed by atoms with Crippen LogP contribution in [0.15, 0.2) is 9.59 Å². The third-order valence-corrected chi connectivity index (χ3v) is 6.64. The number of rotatable bonds is 11. The average Bonchev–Trinajstić information content (AvgIpc) is 3.16. The van der Waals surface area contributed by atoms with Crippen molar-refractivity contribution in [1.29, 1.82) is 0 Å². The third-order valence-electron chi connectivity index (χ3n) is 6.64. The van der Waals surface area contributed by atoms with E-state index in [4.69, 9.17) is 4.98 Å². The highest BCUT2D eigenvalue weighted by atomic mass is 16.2. The number of aromatic nitrogens is 4. The summed E-state index contributed by atoms with van der Waals surface area (Å²) in [5, 5.41) is 0. The van der Waals surface area contributed by atoms with E-state index < -0.39 is 11.2 Å². The molecule has 0 aliphatic carbocycles. The molecule has 0 radical (unpaired) electrons. The van der Waals surface area contributed by atoms with Crippen molar-refractivity contribution in [2.75, 3.05) is 26.2 Å². The zero-order chi connectivity index (χ0) is 24.0. The fraction of sp³-hybridized carbons (Fsp3) is 0.750. The zero-order valence-electron chi connectivity index (χ0n) is 20.7. The first kappa shape index (κ1) is 25.2. The molecule has 0 bridgehead atoms. The minimum Gasteiger partial charge on any atom is -0.340 e. The molecule has 3 rings (SSSR count). The van der Waals surface area contributed by atoms with Gasteiger partial charge in [0.05, 0.1) is 0 Å². The summed E-state index contributed by atoms with van der Waals surface area (Å²) in [5.74, 6) is 0.847. The largest absolute Gasteiger partial charge is 0.340 e. The molecule has 9 nitrogen and oxygen atoms in total. The molecule has 3 heterocycles. The topological polar surface area (TPSA) is 96.2 Å². The van der Waals surface area contributed by atoms with Gasteiger partial charge >= 0.3 is 5.69 Å². The number of aromatic amines is 1. The highest BCUT2D eigenvalue weighted by molar-refractivity contribution is 5.77. The number of carbonyl (C=O) groups is 1. The lowest BCUT2D eigenvalue weighted by Crippen LogP contribution is -2.50. The maximum atomic E-state index is 12.9. The molecular formula is C24H40N6O3. The van der Waals surface area contributed by atoms with Gasteiger partial charge in [-0.05, 0) is 26.7 Å². The Balaban J connectivity index is 1.84. The zero-order valence-corrected chi connectivity index (χ0v) is 20.7. The number of hydrogen-bond acceptors (Lipinski definition) is 5. The molecule has 0 unspecified atom stereocenters. The minimum atomic E-state index is -0.412. The molecular weight excluding hydrogens is 420 g/mol. The van der Waals surface area contributed by atoms with E-state index in [1.165, 1.54) is 0 Å². The van der Waals surface area contributed by atoms with Gasteiger partial charge in [0, 0.05) is 58.2 Å². The molecule has 9 heteroatoms. The van der Waals surface area contributed by atoms with Crippen LogP contribution in [0.1, 0.15) is 72.0 Å². The summed E-state index contributed by atoms with van der Waals surface area (Å²) in [6, 6.07) is 0.494. The summed E-state index contributed by atoms with van der Waals surface area (Å²) in [5.41, 5.74) is 0.0930. The van der Waals surface area contributed by atoms with Crippen molar-refractivity contribution < 1.29 is 4.79 Å². The second kappa shape index (κ2) is 11.6. The summed E-state index contributed by atoms with van der Waals surface area (Å²) < 4.78 is 3.52. The number of fused-ring (bicyclic) bond motifs is 1. The van der Waals surface area contributed by atoms with E-state index in [9.17, 15) is 14.4 Å². The van der Waals surface area contributed by atoms with E-state index in [0.29, 0.717) is 43.1 Å². The second-order valence-electron chi connectivity index (χ2n) is 9.33. The number of H-pyrrole nitrogens is 1. The first-order valence-electron chi connectivity index (χ1n) is 12.6. The highest BCUT2D eigenvalue weighted by Gasteiger charge is 2.24. The van der Waals surface area contributed by atoms with Crippen molar-refractivity contribution in [1.82, 2.24) is 28.9 Å². The van der Waals surface area contributed by atoms with Gasteiger partial charge in [0.2, 0.25) is 5.91 Å². The first-order valence-corrected chi connectivity index (χ1v) is 12.6. The van der Waals surface area contributed by atoms with Crippen LogP contribution in [-0.2, 0) is 24.3 Å². The van der Waals surface area contributed by atoms with E-state index in [0.717, 1.165) is 64.1 Å². The number of nitrogens with one attached hydrogen (secondary N) is 1. The van der Waals surface area contributed by atoms with Crippen molar-refractivity contribution in [2.45, 2.75) is 91.8 Å². The summed E-state index contributed by atoms with van der Waals surface area (Å²) >= 11 is 0. The minimum absolute atomic E-state index is 0.128. The molecule has 0 spiro atoms. The fourth-order valence-corrected chi connectivity index (χ4v) is 4.56. The van der Waals surface area contributed by atoms with Crippen LogP contribution in [-0.4, -0.2) is 67.0 Å². The number of carbonyl (C=O) groups excluding carboxylic acids is 1. The summed E-state index contributed by atoms with van der Waals surface area (Å²) in [6.07, 6.45) is 5.64. The molecule has 2 aromatic rings. The average molecular weight is 461 g/mol. The van der Waals surface area contributed by atoms with Crippen molar-refractivity contribution in [2.24, 2.45) is 0 Å². The van der Waals surface area contributed by atoms with Crippen LogP contribution < -0.4 is 11.2 Å². The van der Waals surface area contributed by atoms with Crippen molar-refractivity contribution in [3.8, 4) is 0 Å². The first-order chi connectivity index (χ1) is 15.9. The Morgan fingerprint density at radius 2 is 1.64 bits per heavy atom. The molecule has 2 aromatic heterocycles. The lowest BCUT2D eigenvalue weighted by molar-refractivity contribution is -0.133. The Morgan fingerprint density at radius 3 is 2.27 bits per heavy atom. The van der Waals surface area contributed by atoms with E-state index in [1.54, 1.807) is 4.57 Å². The predicted octanol–water partition coefficient (Wildman–Crippen LogP) is 2.36. The number of amides is 1. The highest BCUT2D eigenvalue weighted by Crippen LogP contribution is 2.16. The summed E-state index contributed by atoms with van der Waals surface area (Å²) in [6.45, 7) is 13.1. The smallest absolute Gasteiger partial charge is 0.330 e. The molecule has 1 aliphatic heterocycles. The maximum absolute atomic E-state index is 12.9. The van der Waals surface area contributed by atoms with E-state index in [1.807, 2.05) is 9.47 Å². The maximum Gasteiger partial charge on any atom is 0.330 e. The molecule has 1 aliphatic rings. The number of hydrogen-bond donors (Lipinski definition) is 1. The van der Waals surface area contributed by atoms with Gasteiger partial charge in [-0.25, -0.2) is 9.78 Å². The molecule has 1 fully saturated rings. The molecule has 33 heavy (non-hydrogen) atoms. The fourth-order valence-electron chi connectivity index (χ4n) is 4.56. The quantitative estimate of drug-likeness (QED) is 0.519. The summed E-state index contributed by atoms with van der Waals surface area (Å²) in [7, 11) is 0. The van der Waals surface area contributed by atoms with Crippen LogP contribution in [0.3, 0.4) is 0 Å². The number of unbranched alkanes of at least 4 members (excludes halogenated alkanes) is 3. The molecule has 0 saturated carbocycles. The number of nitrogens with zero attached hydrogens (tertiary/aromatic N) is 5. The van der Waals surface area contributed by atoms with E-state index >= 15 is 0 Å². The van der Waals surface area contributed by atoms with Gasteiger partial charge in [0.15, 0.2) is 11.2 Å². The predicted molar refractivity (Wildman–Crippen MR) is 131 cm³/mol. The van der Waals surface area contributed by atoms with Crippen LogP contribution in [0.5, 0.6) is 0 Å². The lowest BCUT2D eigenvalue weighted by Gasteiger charge is -2.37. The van der Waals surface area contributed by atoms with Gasteiger partial charge < -0.3 is 9.47 Å². The van der Waals surface area contributed by atoms with Crippen molar-refractivity contribution >= 4 is 17.1 Å². The normalized spacial score (nSPS) is 15.1. The van der Waals surface area contributed by atoms with E-state index in [-0.39, 0.29) is 5.91 Å². The van der Waals surface area contributed by atoms with Gasteiger partial charge in [-0.15, -0.1) is 0 Å². The molecule has 184 valence electrons. The van der Waals surface area contributed by atoms with Crippen molar-refractivity contribution in [3.63, 3.8) is 0 Å². The number of piperazine rings is 1. The Labute approximate surface area is 195 Å². The Bertz CT molecular complexity index is 1040. The van der Waals surface area contributed by atoms with Crippen LogP contribution in [0, 0.1) is 0 Å². The van der Waals surface area contributed by atoms with Gasteiger partial charge in [-0.2, -0.15) is 0 Å². The number of imidazole rings is 1. The SMILES string of the molecule is CCCCCn1c(CCC(=O)N2CCN(C(C)C)CC2)nc2c1c(=O)[nH]c(=O)n2CCCC. The monoisotopic (exact) mass is 460 g/mol. The Hall–Kier alpha value is -2.42. The molecule has 1 N–H and O–H groups in total. The lowest BCUT2D eigenvalue weighted by atomic mass is 10.2. The van der Waals surface area contributed by atoms with Gasteiger partial charge in [0.25, 0.3) is 5.56 Å². The third kappa shape index (κ3) is 5.93. The van der Waals surface area contributed by atoms with Gasteiger partial charge in [-0.1, -0.05) is 33.1 Å². The molecule has 1 saturated heterocycles. The van der Waals surface area contributed by atoms with Crippen LogP contribution in [0.4, 0.5) is 0 Å². The van der Waals surface area contributed by atoms with Crippen LogP contribution >= 0.6 is 0 Å². The Kier molecular flexibility index (Phi) is 8.88. The molecule has 0 aromatic carbocycles. The van der Waals surface area contributed by atoms with Gasteiger partial charge in [0.1, 0.15) is 5.82 Å². The standard InChI is InChI=1S/C24H40N6O3/c1-5-7-9-13-29-19(10-11-20(31)28-16-14-27(15-17-28)18(3)4)25-22-21(29)23(32)26-24(33)30(22)12-8-6-2/h18H,5-17H2,1-4H3,(H,26,32,33). The van der Waals surface area contributed by atoms with Crippen LogP contribution in [0.2, 0.25) is 0 Å². The number of aryl methyl sites for hydroxylation is 3.